The Balaban J connectivity index is 0.705. The Kier molecular flexibility index (Phi) is 11.1. The van der Waals surface area contributed by atoms with Crippen molar-refractivity contribution >= 4 is 58.7 Å². The molecule has 5 heterocycles. The van der Waals surface area contributed by atoms with E-state index in [0.29, 0.717) is 74.3 Å². The Bertz CT molecular complexity index is 2370. The normalized spacial score (nSPS) is 25.9. The molecule has 322 valence electrons. The number of anilines is 2. The maximum Gasteiger partial charge on any atom is 0.410 e. The number of hydrogen-bond acceptors (Lipinski definition) is 13. The van der Waals surface area contributed by atoms with Gasteiger partial charge in [0.05, 0.1) is 33.5 Å². The van der Waals surface area contributed by atoms with Gasteiger partial charge >= 0.3 is 6.09 Å². The van der Waals surface area contributed by atoms with Crippen molar-refractivity contribution in [2.75, 3.05) is 49.1 Å². The third kappa shape index (κ3) is 8.08. The molecular formula is C43H43ClFN9O8. The number of nitrogens with zero attached hydrogens (tertiary/aromatic N) is 7. The number of imide groups is 2. The smallest absolute Gasteiger partial charge is 0.410 e. The highest BCUT2D eigenvalue weighted by molar-refractivity contribution is 6.31. The summed E-state index contributed by atoms with van der Waals surface area (Å²) < 4.78 is 27.5. The van der Waals surface area contributed by atoms with Crippen molar-refractivity contribution in [1.29, 1.82) is 5.26 Å². The molecular weight excluding hydrogens is 825 g/mol. The Morgan fingerprint density at radius 2 is 1.56 bits per heavy atom. The van der Waals surface area contributed by atoms with Gasteiger partial charge in [0.2, 0.25) is 11.8 Å². The molecule has 3 saturated heterocycles. The molecule has 2 aromatic carbocycles. The Labute approximate surface area is 360 Å². The molecule has 2 N–H and O–H groups in total. The lowest BCUT2D eigenvalue weighted by Crippen LogP contribution is -2.54. The van der Waals surface area contributed by atoms with Crippen molar-refractivity contribution in [2.24, 2.45) is 11.8 Å². The third-order valence-corrected chi connectivity index (χ3v) is 13.3. The van der Waals surface area contributed by atoms with Crippen LogP contribution >= 0.6 is 11.6 Å². The number of halogens is 2. The van der Waals surface area contributed by atoms with E-state index < -0.39 is 41.6 Å². The van der Waals surface area contributed by atoms with E-state index in [1.165, 1.54) is 6.07 Å². The van der Waals surface area contributed by atoms with Crippen LogP contribution < -0.4 is 25.2 Å². The largest absolute Gasteiger partial charge is 0.490 e. The fraction of sp³-hybridized carbons (Fsp3) is 0.465. The SMILES string of the molecule is N#Cc1ccc(O[C@H]2CC[C@H](NC(=O)c3ccc(N4CCN(C(=O)O[C@H]5C[C@@H]6CN(c7cc8c(cc7F)C(=O)N(C7CCC(=O)NC7=O)C8=O)C[C@@H]6C5)CC4)nn3)CC2)cc1Cl. The molecule has 6 aliphatic rings. The van der Waals surface area contributed by atoms with Crippen LogP contribution in [0.5, 0.6) is 5.75 Å². The molecule has 3 aromatic rings. The molecule has 1 unspecified atom stereocenters. The summed E-state index contributed by atoms with van der Waals surface area (Å²) in [5, 5.41) is 23.2. The van der Waals surface area contributed by atoms with Gasteiger partial charge in [-0.05, 0) is 93.2 Å². The van der Waals surface area contributed by atoms with Crippen LogP contribution in [0.25, 0.3) is 0 Å². The Hall–Kier alpha value is -6.35. The van der Waals surface area contributed by atoms with Crippen LogP contribution in [0, 0.1) is 29.0 Å². The van der Waals surface area contributed by atoms with Crippen LogP contribution in [0.1, 0.15) is 88.1 Å². The zero-order chi connectivity index (χ0) is 43.2. The predicted octanol–water partition coefficient (Wildman–Crippen LogP) is 3.84. The summed E-state index contributed by atoms with van der Waals surface area (Å²) in [4.78, 5) is 83.1. The number of carbonyl (C=O) groups is 6. The van der Waals surface area contributed by atoms with E-state index in [0.717, 1.165) is 36.6 Å². The van der Waals surface area contributed by atoms with Crippen LogP contribution in [-0.4, -0.2) is 119 Å². The summed E-state index contributed by atoms with van der Waals surface area (Å²) in [6.45, 7) is 2.82. The van der Waals surface area contributed by atoms with Gasteiger partial charge in [-0.25, -0.2) is 9.18 Å². The molecule has 19 heteroatoms. The zero-order valence-electron chi connectivity index (χ0n) is 33.6. The summed E-state index contributed by atoms with van der Waals surface area (Å²) in [5.41, 5.74) is 0.732. The number of amides is 6. The van der Waals surface area contributed by atoms with E-state index in [1.807, 2.05) is 15.9 Å². The van der Waals surface area contributed by atoms with Crippen molar-refractivity contribution in [3.8, 4) is 11.8 Å². The minimum atomic E-state index is -1.13. The van der Waals surface area contributed by atoms with E-state index in [4.69, 9.17) is 26.3 Å². The number of benzene rings is 2. The van der Waals surface area contributed by atoms with Gasteiger partial charge in [-0.15, -0.1) is 10.2 Å². The fourth-order valence-electron chi connectivity index (χ4n) is 9.65. The lowest BCUT2D eigenvalue weighted by Gasteiger charge is -2.35. The van der Waals surface area contributed by atoms with E-state index in [1.54, 1.807) is 35.2 Å². The predicted molar refractivity (Wildman–Crippen MR) is 218 cm³/mol. The lowest BCUT2D eigenvalue weighted by molar-refractivity contribution is -0.136. The molecule has 4 aliphatic heterocycles. The molecule has 2 aliphatic carbocycles. The van der Waals surface area contributed by atoms with Crippen molar-refractivity contribution < 1.29 is 42.6 Å². The molecule has 5 fully saturated rings. The fourth-order valence-corrected chi connectivity index (χ4v) is 9.86. The van der Waals surface area contributed by atoms with Crippen LogP contribution in [0.15, 0.2) is 42.5 Å². The minimum absolute atomic E-state index is 0.00957. The van der Waals surface area contributed by atoms with Crippen molar-refractivity contribution in [2.45, 2.75) is 75.7 Å². The van der Waals surface area contributed by atoms with Gasteiger partial charge in [-0.2, -0.15) is 5.26 Å². The van der Waals surface area contributed by atoms with E-state index in [9.17, 15) is 28.8 Å². The summed E-state index contributed by atoms with van der Waals surface area (Å²) in [6.07, 6.45) is 3.51. The first-order valence-corrected chi connectivity index (χ1v) is 21.3. The molecule has 6 amide bonds. The third-order valence-electron chi connectivity index (χ3n) is 12.9. The van der Waals surface area contributed by atoms with Gasteiger partial charge in [0.1, 0.15) is 29.8 Å². The second kappa shape index (κ2) is 16.8. The van der Waals surface area contributed by atoms with Gasteiger partial charge in [0.25, 0.3) is 17.7 Å². The van der Waals surface area contributed by atoms with Crippen LogP contribution in [0.2, 0.25) is 5.02 Å². The van der Waals surface area contributed by atoms with Crippen molar-refractivity contribution in [3.05, 3.63) is 75.7 Å². The van der Waals surface area contributed by atoms with E-state index >= 15 is 4.39 Å². The number of piperazine rings is 1. The average molecular weight is 868 g/mol. The molecule has 0 radical (unpaired) electrons. The number of rotatable bonds is 8. The summed E-state index contributed by atoms with van der Waals surface area (Å²) in [5.74, 6) is -2.11. The number of hydrogen-bond donors (Lipinski definition) is 2. The van der Waals surface area contributed by atoms with Crippen LogP contribution in [0.4, 0.5) is 20.7 Å². The second-order valence-corrected chi connectivity index (χ2v) is 17.2. The monoisotopic (exact) mass is 867 g/mol. The van der Waals surface area contributed by atoms with Gasteiger partial charge < -0.3 is 29.5 Å². The minimum Gasteiger partial charge on any atom is -0.490 e. The van der Waals surface area contributed by atoms with Gasteiger partial charge in [-0.1, -0.05) is 11.6 Å². The first kappa shape index (κ1) is 41.0. The highest BCUT2D eigenvalue weighted by Crippen LogP contribution is 2.43. The molecule has 0 bridgehead atoms. The maximum absolute atomic E-state index is 15.5. The average Bonchev–Trinajstić information content (AvgIpc) is 3.90. The molecule has 0 spiro atoms. The molecule has 1 aromatic heterocycles. The van der Waals surface area contributed by atoms with E-state index in [2.05, 4.69) is 20.8 Å². The molecule has 4 atom stereocenters. The topological polar surface area (TPSA) is 207 Å². The second-order valence-electron chi connectivity index (χ2n) is 16.8. The van der Waals surface area contributed by atoms with Crippen molar-refractivity contribution in [1.82, 2.24) is 30.6 Å². The Morgan fingerprint density at radius 1 is 0.855 bits per heavy atom. The summed E-state index contributed by atoms with van der Waals surface area (Å²) in [6, 6.07) is 11.7. The van der Waals surface area contributed by atoms with Gasteiger partial charge in [0, 0.05) is 57.8 Å². The summed E-state index contributed by atoms with van der Waals surface area (Å²) in [7, 11) is 0. The first-order chi connectivity index (χ1) is 29.9. The quantitative estimate of drug-likeness (QED) is 0.309. The molecule has 62 heavy (non-hydrogen) atoms. The number of ether oxygens (including phenoxy) is 2. The van der Waals surface area contributed by atoms with E-state index in [-0.39, 0.29) is 71.3 Å². The lowest BCUT2D eigenvalue weighted by atomic mass is 9.93. The molecule has 17 nitrogen and oxygen atoms in total. The molecule has 9 rings (SSSR count). The number of nitrogens with one attached hydrogen (secondary N) is 2. The first-order valence-electron chi connectivity index (χ1n) is 20.9. The van der Waals surface area contributed by atoms with Gasteiger partial charge in [0.15, 0.2) is 11.5 Å². The number of aromatic nitrogens is 2. The van der Waals surface area contributed by atoms with Crippen LogP contribution in [-0.2, 0) is 14.3 Å². The number of carbonyl (C=O) groups excluding carboxylic acids is 6. The highest BCUT2D eigenvalue weighted by atomic mass is 35.5. The number of fused-ring (bicyclic) bond motifs is 2. The maximum atomic E-state index is 15.5. The van der Waals surface area contributed by atoms with Crippen LogP contribution in [0.3, 0.4) is 0 Å². The van der Waals surface area contributed by atoms with Gasteiger partial charge in [-0.3, -0.25) is 34.2 Å². The summed E-state index contributed by atoms with van der Waals surface area (Å²) >= 11 is 6.13. The number of nitriles is 1. The zero-order valence-corrected chi connectivity index (χ0v) is 34.3. The highest BCUT2D eigenvalue weighted by Gasteiger charge is 2.47. The van der Waals surface area contributed by atoms with Crippen molar-refractivity contribution in [3.63, 3.8) is 0 Å². The standard InChI is InChI=1S/C43H43ClFN9O8/c44-32-17-28(4-1-23(32)20-46)61-27-5-2-26(3-6-27)47-39(56)34-7-9-37(50-49-34)51-11-13-52(14-12-51)43(60)62-29-15-24-21-53(22-25(24)16-29)36-19-31-30(18-33(36)45)41(58)54(42(31)59)35-8-10-38(55)48-40(35)57/h1,4,7,9,17-19,24-27,29,35H,2-3,5-6,8,10-16,21-22H2,(H,47,56)(H,48,55,57)/t24-,25+,26-,27-,29+,35?. The number of piperidine rings is 1. The molecule has 2 saturated carbocycles. The Morgan fingerprint density at radius 3 is 2.21 bits per heavy atom.